The second kappa shape index (κ2) is 6.46. The Hall–Kier alpha value is -0.920. The molecule has 1 aliphatic heterocycles. The summed E-state index contributed by atoms with van der Waals surface area (Å²) in [5, 5.41) is 0. The minimum atomic E-state index is -3.19. The Balaban J connectivity index is 2.02. The average Bonchev–Trinajstić information content (AvgIpc) is 2.40. The Kier molecular flexibility index (Phi) is 5.06. The van der Waals surface area contributed by atoms with E-state index in [4.69, 9.17) is 0 Å². The number of likely N-dealkylation sites (tertiary alicyclic amines) is 1. The van der Waals surface area contributed by atoms with Gasteiger partial charge in [0.15, 0.2) is 0 Å². The second-order valence-electron chi connectivity index (χ2n) is 5.39. The van der Waals surface area contributed by atoms with Crippen LogP contribution >= 0.6 is 15.9 Å². The number of hydrogen-bond donors (Lipinski definition) is 1. The lowest BCUT2D eigenvalue weighted by molar-refractivity contribution is 0.0710. The molecule has 1 aromatic carbocycles. The van der Waals surface area contributed by atoms with Gasteiger partial charge in [0.25, 0.3) is 5.91 Å². The molecule has 0 spiro atoms. The van der Waals surface area contributed by atoms with E-state index in [2.05, 4.69) is 20.7 Å². The number of nitrogens with zero attached hydrogens (tertiary/aromatic N) is 1. The topological polar surface area (TPSA) is 66.5 Å². The summed E-state index contributed by atoms with van der Waals surface area (Å²) in [6.07, 6.45) is 2.44. The number of halogens is 1. The summed E-state index contributed by atoms with van der Waals surface area (Å²) in [6, 6.07) is 5.54. The number of carbonyl (C=O) groups is 1. The molecule has 5 nitrogen and oxygen atoms in total. The fourth-order valence-electron chi connectivity index (χ4n) is 2.49. The zero-order valence-corrected chi connectivity index (χ0v) is 14.5. The standard InChI is InChI=1S/C14H19BrN2O3S/c1-10-4-3-5-12(13(10)15)14(18)17-8-6-11(7-9-17)16-21(2,19)20/h3-5,11,16H,6-9H2,1-2H3. The third-order valence-electron chi connectivity index (χ3n) is 3.59. The number of piperidine rings is 1. The number of hydrogen-bond acceptors (Lipinski definition) is 3. The van der Waals surface area contributed by atoms with Gasteiger partial charge < -0.3 is 4.90 Å². The maximum absolute atomic E-state index is 12.5. The van der Waals surface area contributed by atoms with Crippen LogP contribution in [0.2, 0.25) is 0 Å². The van der Waals surface area contributed by atoms with E-state index >= 15 is 0 Å². The molecule has 1 heterocycles. The van der Waals surface area contributed by atoms with Crippen LogP contribution in [0.3, 0.4) is 0 Å². The van der Waals surface area contributed by atoms with Crippen molar-refractivity contribution in [3.8, 4) is 0 Å². The van der Waals surface area contributed by atoms with E-state index in [1.165, 1.54) is 0 Å². The van der Waals surface area contributed by atoms with Crippen LogP contribution < -0.4 is 4.72 Å². The highest BCUT2D eigenvalue weighted by molar-refractivity contribution is 9.10. The molecule has 0 saturated carbocycles. The monoisotopic (exact) mass is 374 g/mol. The van der Waals surface area contributed by atoms with E-state index in [1.807, 2.05) is 19.1 Å². The molecule has 1 amide bonds. The summed E-state index contributed by atoms with van der Waals surface area (Å²) in [7, 11) is -3.19. The van der Waals surface area contributed by atoms with E-state index in [-0.39, 0.29) is 11.9 Å². The van der Waals surface area contributed by atoms with Crippen molar-refractivity contribution in [2.75, 3.05) is 19.3 Å². The van der Waals surface area contributed by atoms with Crippen LogP contribution in [0.15, 0.2) is 22.7 Å². The Labute approximate surface area is 133 Å². The van der Waals surface area contributed by atoms with Gasteiger partial charge in [-0.05, 0) is 47.3 Å². The number of aryl methyl sites for hydroxylation is 1. The molecular formula is C14H19BrN2O3S. The predicted molar refractivity (Wildman–Crippen MR) is 85.8 cm³/mol. The van der Waals surface area contributed by atoms with E-state index in [1.54, 1.807) is 11.0 Å². The van der Waals surface area contributed by atoms with E-state index in [9.17, 15) is 13.2 Å². The first-order valence-corrected chi connectivity index (χ1v) is 9.48. The molecule has 1 aromatic rings. The lowest BCUT2D eigenvalue weighted by atomic mass is 10.0. The van der Waals surface area contributed by atoms with Crippen molar-refractivity contribution in [3.63, 3.8) is 0 Å². The van der Waals surface area contributed by atoms with Gasteiger partial charge in [-0.1, -0.05) is 12.1 Å². The molecule has 1 fully saturated rings. The number of nitrogens with one attached hydrogen (secondary N) is 1. The molecule has 21 heavy (non-hydrogen) atoms. The lowest BCUT2D eigenvalue weighted by Gasteiger charge is -2.32. The van der Waals surface area contributed by atoms with Gasteiger partial charge in [-0.15, -0.1) is 0 Å². The van der Waals surface area contributed by atoms with Gasteiger partial charge >= 0.3 is 0 Å². The van der Waals surface area contributed by atoms with Crippen LogP contribution in [0.1, 0.15) is 28.8 Å². The third-order valence-corrected chi connectivity index (χ3v) is 5.40. The SMILES string of the molecule is Cc1cccc(C(=O)N2CCC(NS(C)(=O)=O)CC2)c1Br. The van der Waals surface area contributed by atoms with Crippen molar-refractivity contribution in [2.24, 2.45) is 0 Å². The fourth-order valence-corrected chi connectivity index (χ4v) is 3.76. The number of sulfonamides is 1. The summed E-state index contributed by atoms with van der Waals surface area (Å²) in [6.45, 7) is 3.07. The van der Waals surface area contributed by atoms with Crippen LogP contribution in [0.4, 0.5) is 0 Å². The first-order chi connectivity index (χ1) is 9.78. The first-order valence-electron chi connectivity index (χ1n) is 6.79. The number of carbonyl (C=O) groups excluding carboxylic acids is 1. The molecule has 2 rings (SSSR count). The van der Waals surface area contributed by atoms with Crippen LogP contribution in [0.5, 0.6) is 0 Å². The molecule has 1 saturated heterocycles. The summed E-state index contributed by atoms with van der Waals surface area (Å²) < 4.78 is 25.9. The highest BCUT2D eigenvalue weighted by Crippen LogP contribution is 2.24. The molecule has 0 unspecified atom stereocenters. The maximum Gasteiger partial charge on any atom is 0.255 e. The molecular weight excluding hydrogens is 356 g/mol. The van der Waals surface area contributed by atoms with Gasteiger partial charge in [0, 0.05) is 23.6 Å². The van der Waals surface area contributed by atoms with Gasteiger partial charge in [0.2, 0.25) is 10.0 Å². The summed E-state index contributed by atoms with van der Waals surface area (Å²) in [5.41, 5.74) is 1.68. The van der Waals surface area contributed by atoms with Crippen molar-refractivity contribution in [1.82, 2.24) is 9.62 Å². The lowest BCUT2D eigenvalue weighted by Crippen LogP contribution is -2.46. The van der Waals surface area contributed by atoms with Gasteiger partial charge in [0.05, 0.1) is 11.8 Å². The minimum absolute atomic E-state index is 0.0108. The molecule has 0 atom stereocenters. The summed E-state index contributed by atoms with van der Waals surface area (Å²) in [5.74, 6) is -0.0108. The molecule has 1 aliphatic rings. The molecule has 1 N–H and O–H groups in total. The molecule has 7 heteroatoms. The van der Waals surface area contributed by atoms with E-state index in [0.717, 1.165) is 16.3 Å². The van der Waals surface area contributed by atoms with Gasteiger partial charge in [-0.25, -0.2) is 13.1 Å². The Morgan fingerprint density at radius 1 is 1.33 bits per heavy atom. The number of rotatable bonds is 3. The normalized spacial score (nSPS) is 17.0. The number of amides is 1. The van der Waals surface area contributed by atoms with Gasteiger partial charge in [-0.2, -0.15) is 0 Å². The van der Waals surface area contributed by atoms with Crippen LogP contribution in [-0.2, 0) is 10.0 Å². The van der Waals surface area contributed by atoms with E-state index < -0.39 is 10.0 Å². The smallest absolute Gasteiger partial charge is 0.255 e. The van der Waals surface area contributed by atoms with Gasteiger partial charge in [-0.3, -0.25) is 4.79 Å². The first kappa shape index (κ1) is 16.5. The molecule has 0 bridgehead atoms. The van der Waals surface area contributed by atoms with Crippen LogP contribution in [0.25, 0.3) is 0 Å². The Morgan fingerprint density at radius 3 is 2.52 bits per heavy atom. The highest BCUT2D eigenvalue weighted by atomic mass is 79.9. The molecule has 0 aromatic heterocycles. The van der Waals surface area contributed by atoms with Crippen molar-refractivity contribution < 1.29 is 13.2 Å². The van der Waals surface area contributed by atoms with E-state index in [0.29, 0.717) is 31.5 Å². The van der Waals surface area contributed by atoms with Crippen molar-refractivity contribution in [3.05, 3.63) is 33.8 Å². The largest absolute Gasteiger partial charge is 0.338 e. The van der Waals surface area contributed by atoms with Crippen molar-refractivity contribution in [1.29, 1.82) is 0 Å². The number of benzene rings is 1. The van der Waals surface area contributed by atoms with Crippen molar-refractivity contribution in [2.45, 2.75) is 25.8 Å². The summed E-state index contributed by atoms with van der Waals surface area (Å²) in [4.78, 5) is 14.3. The van der Waals surface area contributed by atoms with Crippen LogP contribution in [-0.4, -0.2) is 44.6 Å². The zero-order chi connectivity index (χ0) is 15.6. The molecule has 0 aliphatic carbocycles. The average molecular weight is 375 g/mol. The Bertz CT molecular complexity index is 638. The van der Waals surface area contributed by atoms with Crippen molar-refractivity contribution >= 4 is 31.9 Å². The minimum Gasteiger partial charge on any atom is -0.338 e. The quantitative estimate of drug-likeness (QED) is 0.878. The zero-order valence-electron chi connectivity index (χ0n) is 12.1. The molecule has 116 valence electrons. The predicted octanol–water partition coefficient (Wildman–Crippen LogP) is 1.91. The summed E-state index contributed by atoms with van der Waals surface area (Å²) >= 11 is 3.46. The third kappa shape index (κ3) is 4.28. The maximum atomic E-state index is 12.5. The fraction of sp³-hybridized carbons (Fsp3) is 0.500. The van der Waals surface area contributed by atoms with Gasteiger partial charge in [0.1, 0.15) is 0 Å². The Morgan fingerprint density at radius 2 is 1.95 bits per heavy atom. The second-order valence-corrected chi connectivity index (χ2v) is 7.97. The highest BCUT2D eigenvalue weighted by Gasteiger charge is 2.26. The van der Waals surface area contributed by atoms with Crippen LogP contribution in [0, 0.1) is 6.92 Å². The molecule has 0 radical (unpaired) electrons.